The van der Waals surface area contributed by atoms with Gasteiger partial charge < -0.3 is 25.5 Å². The minimum Gasteiger partial charge on any atom is -0.459 e. The summed E-state index contributed by atoms with van der Waals surface area (Å²) in [7, 11) is 0. The van der Waals surface area contributed by atoms with E-state index in [2.05, 4.69) is 16.0 Å². The van der Waals surface area contributed by atoms with E-state index in [4.69, 9.17) is 4.42 Å². The van der Waals surface area contributed by atoms with Crippen LogP contribution in [0.2, 0.25) is 0 Å². The van der Waals surface area contributed by atoms with Crippen LogP contribution in [-0.4, -0.2) is 35.6 Å². The minimum absolute atomic E-state index is 0.186. The first-order valence-electron chi connectivity index (χ1n) is 7.29. The summed E-state index contributed by atoms with van der Waals surface area (Å²) in [5.74, 6) is -0.293. The molecule has 7 heteroatoms. The third-order valence-corrected chi connectivity index (χ3v) is 3.58. The fraction of sp³-hybridized carbons (Fsp3) is 0.250. The van der Waals surface area contributed by atoms with Gasteiger partial charge in [0.25, 0.3) is 5.91 Å². The summed E-state index contributed by atoms with van der Waals surface area (Å²) >= 11 is 0. The van der Waals surface area contributed by atoms with Gasteiger partial charge in [-0.3, -0.25) is 9.59 Å². The topological polar surface area (TPSA) is 104 Å². The van der Waals surface area contributed by atoms with E-state index in [0.717, 1.165) is 0 Å². The number of benzene rings is 1. The van der Waals surface area contributed by atoms with Gasteiger partial charge in [-0.2, -0.15) is 0 Å². The van der Waals surface area contributed by atoms with E-state index in [-0.39, 0.29) is 23.6 Å². The van der Waals surface area contributed by atoms with Crippen molar-refractivity contribution in [3.8, 4) is 0 Å². The van der Waals surface area contributed by atoms with E-state index in [9.17, 15) is 14.7 Å². The zero-order chi connectivity index (χ0) is 16.2. The Morgan fingerprint density at radius 2 is 1.83 bits per heavy atom. The van der Waals surface area contributed by atoms with E-state index in [1.54, 1.807) is 36.4 Å². The molecule has 0 saturated carbocycles. The Morgan fingerprint density at radius 3 is 2.39 bits per heavy atom. The molecule has 1 aromatic heterocycles. The van der Waals surface area contributed by atoms with Crippen LogP contribution >= 0.6 is 0 Å². The Bertz CT molecular complexity index is 682. The highest BCUT2D eigenvalue weighted by Crippen LogP contribution is 2.16. The molecule has 2 atom stereocenters. The highest BCUT2D eigenvalue weighted by atomic mass is 16.3. The molecular formula is C16H17N3O4. The Morgan fingerprint density at radius 1 is 1.13 bits per heavy atom. The first-order valence-corrected chi connectivity index (χ1v) is 7.29. The van der Waals surface area contributed by atoms with Crippen LogP contribution in [-0.2, 0) is 4.79 Å². The highest BCUT2D eigenvalue weighted by Gasteiger charge is 2.27. The molecule has 1 aliphatic rings. The first kappa shape index (κ1) is 15.3. The van der Waals surface area contributed by atoms with Crippen LogP contribution in [0.25, 0.3) is 0 Å². The number of carbonyl (C=O) groups is 2. The lowest BCUT2D eigenvalue weighted by molar-refractivity contribution is -0.117. The van der Waals surface area contributed by atoms with E-state index >= 15 is 0 Å². The van der Waals surface area contributed by atoms with Crippen molar-refractivity contribution in [3.63, 3.8) is 0 Å². The van der Waals surface area contributed by atoms with Crippen LogP contribution in [0.15, 0.2) is 47.1 Å². The average Bonchev–Trinajstić information content (AvgIpc) is 3.20. The number of anilines is 2. The van der Waals surface area contributed by atoms with Gasteiger partial charge in [0.2, 0.25) is 5.91 Å². The smallest absolute Gasteiger partial charge is 0.291 e. The SMILES string of the molecule is O=C(Nc1ccc(NC(=O)C2CC(O)CN2)cc1)c1ccco1. The number of furan rings is 1. The van der Waals surface area contributed by atoms with Crippen molar-refractivity contribution < 1.29 is 19.1 Å². The van der Waals surface area contributed by atoms with Crippen molar-refractivity contribution in [1.82, 2.24) is 5.32 Å². The largest absolute Gasteiger partial charge is 0.459 e. The number of aliphatic hydroxyl groups excluding tert-OH is 1. The van der Waals surface area contributed by atoms with Crippen molar-refractivity contribution in [2.75, 3.05) is 17.2 Å². The number of amides is 2. The Balaban J connectivity index is 1.57. The Hall–Kier alpha value is -2.64. The minimum atomic E-state index is -0.482. The van der Waals surface area contributed by atoms with Gasteiger partial charge in [0.05, 0.1) is 18.4 Å². The summed E-state index contributed by atoms with van der Waals surface area (Å²) in [5, 5.41) is 17.8. The van der Waals surface area contributed by atoms with Crippen molar-refractivity contribution in [2.24, 2.45) is 0 Å². The molecule has 1 fully saturated rings. The molecule has 0 spiro atoms. The molecule has 2 heterocycles. The predicted octanol–water partition coefficient (Wildman–Crippen LogP) is 1.19. The summed E-state index contributed by atoms with van der Waals surface area (Å²) in [4.78, 5) is 23.8. The molecule has 0 bridgehead atoms. The van der Waals surface area contributed by atoms with E-state index < -0.39 is 6.10 Å². The zero-order valence-corrected chi connectivity index (χ0v) is 12.3. The Kier molecular flexibility index (Phi) is 4.40. The van der Waals surface area contributed by atoms with Gasteiger partial charge in [-0.05, 0) is 42.8 Å². The number of carbonyl (C=O) groups excluding carboxylic acids is 2. The second-order valence-electron chi connectivity index (χ2n) is 5.35. The fourth-order valence-electron chi connectivity index (χ4n) is 2.38. The molecule has 3 rings (SSSR count). The molecule has 0 radical (unpaired) electrons. The van der Waals surface area contributed by atoms with Crippen molar-refractivity contribution in [2.45, 2.75) is 18.6 Å². The van der Waals surface area contributed by atoms with Gasteiger partial charge in [-0.15, -0.1) is 0 Å². The second kappa shape index (κ2) is 6.64. The summed E-state index contributed by atoms with van der Waals surface area (Å²) < 4.78 is 5.01. The number of β-amino-alcohol motifs (C(OH)–C–C–N with tert-alkyl or cyclic N) is 1. The Labute approximate surface area is 132 Å². The fourth-order valence-corrected chi connectivity index (χ4v) is 2.38. The zero-order valence-electron chi connectivity index (χ0n) is 12.3. The van der Waals surface area contributed by atoms with E-state index in [1.165, 1.54) is 6.26 Å². The third kappa shape index (κ3) is 3.77. The van der Waals surface area contributed by atoms with Crippen LogP contribution in [0.3, 0.4) is 0 Å². The summed E-state index contributed by atoms with van der Waals surface area (Å²) in [6.07, 6.45) is 1.36. The van der Waals surface area contributed by atoms with Gasteiger partial charge in [0.15, 0.2) is 5.76 Å². The number of rotatable bonds is 4. The lowest BCUT2D eigenvalue weighted by Crippen LogP contribution is -2.35. The summed E-state index contributed by atoms with van der Waals surface area (Å²) in [6, 6.07) is 9.60. The molecule has 0 aliphatic carbocycles. The summed E-state index contributed by atoms with van der Waals surface area (Å²) in [6.45, 7) is 0.426. The monoisotopic (exact) mass is 315 g/mol. The maximum Gasteiger partial charge on any atom is 0.291 e. The van der Waals surface area contributed by atoms with Crippen LogP contribution in [0.4, 0.5) is 11.4 Å². The molecule has 2 unspecified atom stereocenters. The van der Waals surface area contributed by atoms with Gasteiger partial charge in [-0.1, -0.05) is 0 Å². The maximum absolute atomic E-state index is 12.0. The normalized spacial score (nSPS) is 20.2. The number of aliphatic hydroxyl groups is 1. The predicted molar refractivity (Wildman–Crippen MR) is 84.1 cm³/mol. The molecule has 2 aromatic rings. The number of hydrogen-bond donors (Lipinski definition) is 4. The molecule has 4 N–H and O–H groups in total. The third-order valence-electron chi connectivity index (χ3n) is 3.58. The molecule has 7 nitrogen and oxygen atoms in total. The van der Waals surface area contributed by atoms with Gasteiger partial charge in [0, 0.05) is 17.9 Å². The standard InChI is InChI=1S/C16H17N3O4/c20-12-8-13(17-9-12)15(21)18-10-3-5-11(6-4-10)19-16(22)14-2-1-7-23-14/h1-7,12-13,17,20H,8-9H2,(H,18,21)(H,19,22). The molecule has 23 heavy (non-hydrogen) atoms. The highest BCUT2D eigenvalue weighted by molar-refractivity contribution is 6.02. The molecule has 2 amide bonds. The van der Waals surface area contributed by atoms with E-state index in [0.29, 0.717) is 24.3 Å². The van der Waals surface area contributed by atoms with Crippen LogP contribution in [0.1, 0.15) is 17.0 Å². The van der Waals surface area contributed by atoms with Gasteiger partial charge >= 0.3 is 0 Å². The quantitative estimate of drug-likeness (QED) is 0.678. The average molecular weight is 315 g/mol. The van der Waals surface area contributed by atoms with Crippen LogP contribution < -0.4 is 16.0 Å². The van der Waals surface area contributed by atoms with E-state index in [1.807, 2.05) is 0 Å². The summed E-state index contributed by atoms with van der Waals surface area (Å²) in [5.41, 5.74) is 1.22. The van der Waals surface area contributed by atoms with Crippen LogP contribution in [0.5, 0.6) is 0 Å². The van der Waals surface area contributed by atoms with Gasteiger partial charge in [0.1, 0.15) is 0 Å². The maximum atomic E-state index is 12.0. The molecule has 1 aliphatic heterocycles. The lowest BCUT2D eigenvalue weighted by atomic mass is 10.2. The van der Waals surface area contributed by atoms with Crippen molar-refractivity contribution in [3.05, 3.63) is 48.4 Å². The number of hydrogen-bond acceptors (Lipinski definition) is 5. The van der Waals surface area contributed by atoms with Crippen molar-refractivity contribution >= 4 is 23.2 Å². The first-order chi connectivity index (χ1) is 11.1. The lowest BCUT2D eigenvalue weighted by Gasteiger charge is -2.11. The second-order valence-corrected chi connectivity index (χ2v) is 5.35. The van der Waals surface area contributed by atoms with Crippen molar-refractivity contribution in [1.29, 1.82) is 0 Å². The van der Waals surface area contributed by atoms with Crippen LogP contribution in [0, 0.1) is 0 Å². The molecule has 1 aromatic carbocycles. The number of nitrogens with one attached hydrogen (secondary N) is 3. The molecule has 120 valence electrons. The molecule has 1 saturated heterocycles. The van der Waals surface area contributed by atoms with Gasteiger partial charge in [-0.25, -0.2) is 0 Å². The molecular weight excluding hydrogens is 298 g/mol.